The third-order valence-corrected chi connectivity index (χ3v) is 3.67. The predicted molar refractivity (Wildman–Crippen MR) is 72.9 cm³/mol. The van der Waals surface area contributed by atoms with Gasteiger partial charge in [-0.15, -0.1) is 0 Å². The lowest BCUT2D eigenvalue weighted by Gasteiger charge is -2.17. The Morgan fingerprint density at radius 2 is 2.05 bits per heavy atom. The molecule has 21 heavy (non-hydrogen) atoms. The molecule has 0 aliphatic carbocycles. The topological polar surface area (TPSA) is 78.9 Å². The number of carbonyl (C=O) groups is 2. The number of hydrogen-bond donors (Lipinski definition) is 0. The summed E-state index contributed by atoms with van der Waals surface area (Å²) in [5.74, 6) is -0.699. The van der Waals surface area contributed by atoms with E-state index in [1.54, 1.807) is 19.1 Å². The lowest BCUT2D eigenvalue weighted by atomic mass is 10.1. The quantitative estimate of drug-likeness (QED) is 0.728. The van der Waals surface area contributed by atoms with Gasteiger partial charge in [-0.1, -0.05) is 6.07 Å². The van der Waals surface area contributed by atoms with E-state index in [0.717, 1.165) is 5.56 Å². The van der Waals surface area contributed by atoms with E-state index in [-0.39, 0.29) is 18.9 Å². The summed E-state index contributed by atoms with van der Waals surface area (Å²) in [5, 5.41) is 10.8. The monoisotopic (exact) mass is 292 g/mol. The fourth-order valence-electron chi connectivity index (χ4n) is 2.45. The molecule has 1 aliphatic rings. The molecule has 1 heterocycles. The number of amides is 1. The van der Waals surface area contributed by atoms with E-state index in [2.05, 4.69) is 0 Å². The van der Waals surface area contributed by atoms with Crippen molar-refractivity contribution in [3.8, 4) is 11.5 Å². The van der Waals surface area contributed by atoms with Gasteiger partial charge in [0, 0.05) is 31.4 Å². The number of benzene rings is 1. The van der Waals surface area contributed by atoms with E-state index in [0.29, 0.717) is 24.5 Å². The van der Waals surface area contributed by atoms with Crippen molar-refractivity contribution in [3.63, 3.8) is 0 Å². The first-order valence-corrected chi connectivity index (χ1v) is 6.74. The zero-order valence-electron chi connectivity index (χ0n) is 12.1. The second-order valence-electron chi connectivity index (χ2n) is 5.00. The Morgan fingerprint density at radius 1 is 1.33 bits per heavy atom. The summed E-state index contributed by atoms with van der Waals surface area (Å²) in [7, 11) is 3.14. The fraction of sp³-hybridized carbons (Fsp3) is 0.467. The first kappa shape index (κ1) is 15.2. The maximum absolute atomic E-state index is 11.7. The number of rotatable bonds is 6. The van der Waals surface area contributed by atoms with Crippen LogP contribution < -0.4 is 14.6 Å². The summed E-state index contributed by atoms with van der Waals surface area (Å²) in [4.78, 5) is 24.1. The molecule has 114 valence electrons. The third kappa shape index (κ3) is 3.45. The van der Waals surface area contributed by atoms with Crippen molar-refractivity contribution in [1.29, 1.82) is 0 Å². The van der Waals surface area contributed by atoms with Crippen molar-refractivity contribution in [2.45, 2.75) is 12.8 Å². The number of hydrogen-bond acceptors (Lipinski definition) is 5. The van der Waals surface area contributed by atoms with Gasteiger partial charge in [-0.3, -0.25) is 4.79 Å². The van der Waals surface area contributed by atoms with Gasteiger partial charge >= 0.3 is 0 Å². The van der Waals surface area contributed by atoms with Crippen LogP contribution in [0.1, 0.15) is 12.0 Å². The van der Waals surface area contributed by atoms with Crippen molar-refractivity contribution in [2.24, 2.45) is 5.92 Å². The second kappa shape index (κ2) is 6.47. The molecule has 0 N–H and O–H groups in total. The highest BCUT2D eigenvalue weighted by atomic mass is 16.5. The highest BCUT2D eigenvalue weighted by Gasteiger charge is 2.29. The van der Waals surface area contributed by atoms with Crippen LogP contribution in [0.5, 0.6) is 11.5 Å². The first-order valence-electron chi connectivity index (χ1n) is 6.74. The van der Waals surface area contributed by atoms with Crippen LogP contribution in [0.3, 0.4) is 0 Å². The van der Waals surface area contributed by atoms with Gasteiger partial charge in [0.05, 0.1) is 14.2 Å². The summed E-state index contributed by atoms with van der Waals surface area (Å²) in [6.45, 7) is 0.715. The largest absolute Gasteiger partial charge is 0.550 e. The minimum atomic E-state index is -1.16. The van der Waals surface area contributed by atoms with Gasteiger partial charge in [-0.2, -0.15) is 0 Å². The second-order valence-corrected chi connectivity index (χ2v) is 5.00. The lowest BCUT2D eigenvalue weighted by Crippen LogP contribution is -2.34. The molecule has 1 fully saturated rings. The molecule has 0 aromatic heterocycles. The number of carbonyl (C=O) groups excluding carboxylic acids is 2. The number of likely N-dealkylation sites (tertiary alicyclic amines) is 1. The summed E-state index contributed by atoms with van der Waals surface area (Å²) in [6.07, 6.45) is 0.667. The van der Waals surface area contributed by atoms with Crippen LogP contribution in [-0.2, 0) is 16.0 Å². The van der Waals surface area contributed by atoms with E-state index in [1.165, 1.54) is 0 Å². The molecule has 1 unspecified atom stereocenters. The number of carboxylic acid groups (broad SMARTS) is 1. The van der Waals surface area contributed by atoms with Crippen molar-refractivity contribution in [2.75, 3.05) is 27.3 Å². The highest BCUT2D eigenvalue weighted by Crippen LogP contribution is 2.28. The van der Waals surface area contributed by atoms with Crippen molar-refractivity contribution in [1.82, 2.24) is 4.90 Å². The molecule has 1 aromatic rings. The number of methoxy groups -OCH3 is 2. The molecule has 1 aliphatic heterocycles. The number of ether oxygens (including phenoxy) is 2. The van der Waals surface area contributed by atoms with Crippen LogP contribution in [-0.4, -0.2) is 44.1 Å². The summed E-state index contributed by atoms with van der Waals surface area (Å²) in [5.41, 5.74) is 0.998. The van der Waals surface area contributed by atoms with Gasteiger partial charge in [0.15, 0.2) is 11.5 Å². The predicted octanol–water partition coefficient (Wildman–Crippen LogP) is -0.155. The van der Waals surface area contributed by atoms with Crippen LogP contribution in [0, 0.1) is 5.92 Å². The van der Waals surface area contributed by atoms with E-state index in [9.17, 15) is 14.7 Å². The zero-order valence-corrected chi connectivity index (χ0v) is 12.1. The number of aliphatic carboxylic acids is 1. The van der Waals surface area contributed by atoms with Crippen LogP contribution in [0.2, 0.25) is 0 Å². The van der Waals surface area contributed by atoms with E-state index in [1.807, 2.05) is 18.2 Å². The Hall–Kier alpha value is -2.24. The van der Waals surface area contributed by atoms with E-state index >= 15 is 0 Å². The van der Waals surface area contributed by atoms with E-state index < -0.39 is 11.9 Å². The Balaban J connectivity index is 1.97. The molecule has 0 bridgehead atoms. The van der Waals surface area contributed by atoms with Crippen LogP contribution in [0.25, 0.3) is 0 Å². The molecule has 0 spiro atoms. The normalized spacial score (nSPS) is 17.9. The molecule has 6 heteroatoms. The molecule has 1 aromatic carbocycles. The van der Waals surface area contributed by atoms with Crippen molar-refractivity contribution < 1.29 is 24.2 Å². The Labute approximate surface area is 123 Å². The van der Waals surface area contributed by atoms with Crippen LogP contribution >= 0.6 is 0 Å². The molecule has 6 nitrogen and oxygen atoms in total. The van der Waals surface area contributed by atoms with Crippen molar-refractivity contribution in [3.05, 3.63) is 23.8 Å². The van der Waals surface area contributed by atoms with Gasteiger partial charge in [0.2, 0.25) is 5.91 Å². The summed E-state index contributed by atoms with van der Waals surface area (Å²) >= 11 is 0. The molecular weight excluding hydrogens is 274 g/mol. The summed E-state index contributed by atoms with van der Waals surface area (Å²) < 4.78 is 10.4. The van der Waals surface area contributed by atoms with E-state index in [4.69, 9.17) is 9.47 Å². The van der Waals surface area contributed by atoms with Gasteiger partial charge < -0.3 is 24.3 Å². The maximum Gasteiger partial charge on any atom is 0.223 e. The Bertz CT molecular complexity index is 543. The smallest absolute Gasteiger partial charge is 0.223 e. The fourth-order valence-corrected chi connectivity index (χ4v) is 2.45. The average Bonchev–Trinajstić information content (AvgIpc) is 2.86. The molecular formula is C15H18NO5-. The lowest BCUT2D eigenvalue weighted by molar-refractivity contribution is -0.311. The van der Waals surface area contributed by atoms with Gasteiger partial charge in [0.25, 0.3) is 0 Å². The minimum Gasteiger partial charge on any atom is -0.550 e. The Kier molecular flexibility index (Phi) is 4.67. The first-order chi connectivity index (χ1) is 10.0. The molecule has 1 saturated heterocycles. The molecule has 1 amide bonds. The minimum absolute atomic E-state index is 0.0360. The number of carboxylic acids is 1. The van der Waals surface area contributed by atoms with Gasteiger partial charge in [-0.05, 0) is 24.1 Å². The number of nitrogens with zero attached hydrogens (tertiary/aromatic N) is 1. The SMILES string of the molecule is COc1ccc(CCN2CC(C(=O)[O-])CC2=O)cc1OC. The van der Waals surface area contributed by atoms with Crippen LogP contribution in [0.4, 0.5) is 0 Å². The maximum atomic E-state index is 11.7. The summed E-state index contributed by atoms with van der Waals surface area (Å²) in [6, 6.07) is 5.57. The van der Waals surface area contributed by atoms with Gasteiger partial charge in [0.1, 0.15) is 0 Å². The zero-order chi connectivity index (χ0) is 15.4. The highest BCUT2D eigenvalue weighted by molar-refractivity contribution is 5.85. The molecule has 0 saturated carbocycles. The van der Waals surface area contributed by atoms with Gasteiger partial charge in [-0.25, -0.2) is 0 Å². The van der Waals surface area contributed by atoms with Crippen LogP contribution in [0.15, 0.2) is 18.2 Å². The third-order valence-electron chi connectivity index (χ3n) is 3.67. The average molecular weight is 292 g/mol. The molecule has 1 atom stereocenters. The standard InChI is InChI=1S/C15H19NO5/c1-20-12-4-3-10(7-13(12)21-2)5-6-16-9-11(15(18)19)8-14(16)17/h3-4,7,11H,5-6,8-9H2,1-2H3,(H,18,19)/p-1. The molecule has 0 radical (unpaired) electrons. The molecule has 2 rings (SSSR count). The Morgan fingerprint density at radius 3 is 2.62 bits per heavy atom. The van der Waals surface area contributed by atoms with Crippen molar-refractivity contribution >= 4 is 11.9 Å².